The van der Waals surface area contributed by atoms with E-state index in [-0.39, 0.29) is 32.2 Å². The van der Waals surface area contributed by atoms with Crippen LogP contribution >= 0.6 is 12.4 Å². The summed E-state index contributed by atoms with van der Waals surface area (Å²) < 4.78 is 40.8. The predicted molar refractivity (Wildman–Crippen MR) is 47.1 cm³/mol. The average Bonchev–Trinajstić information content (AvgIpc) is 2.01. The Morgan fingerprint density at radius 2 is 2.13 bits per heavy atom. The zero-order valence-corrected chi connectivity index (χ0v) is 8.48. The molecule has 1 N–H and O–H groups in total. The van der Waals surface area contributed by atoms with E-state index in [9.17, 15) is 18.0 Å². The molecular weight excluding hydrogens is 239 g/mol. The fraction of sp³-hybridized carbons (Fsp3) is 0.857. The molecule has 1 atom stereocenters. The molecule has 0 amide bonds. The third-order valence-corrected chi connectivity index (χ3v) is 1.91. The van der Waals surface area contributed by atoms with Crippen molar-refractivity contribution in [1.82, 2.24) is 4.90 Å². The van der Waals surface area contributed by atoms with Gasteiger partial charge in [-0.25, -0.2) is 0 Å². The minimum Gasteiger partial charge on any atom is -0.480 e. The monoisotopic (exact) mass is 249 g/mol. The molecule has 4 nitrogen and oxygen atoms in total. The van der Waals surface area contributed by atoms with Crippen molar-refractivity contribution < 1.29 is 27.8 Å². The lowest BCUT2D eigenvalue weighted by molar-refractivity contribution is -0.173. The summed E-state index contributed by atoms with van der Waals surface area (Å²) in [5, 5.41) is 8.62. The van der Waals surface area contributed by atoms with Gasteiger partial charge in [0.2, 0.25) is 0 Å². The van der Waals surface area contributed by atoms with Crippen LogP contribution in [0.15, 0.2) is 0 Å². The van der Waals surface area contributed by atoms with Gasteiger partial charge in [-0.05, 0) is 0 Å². The maximum atomic E-state index is 12.0. The number of carboxylic acids is 1. The van der Waals surface area contributed by atoms with Gasteiger partial charge in [0.25, 0.3) is 0 Å². The van der Waals surface area contributed by atoms with Gasteiger partial charge >= 0.3 is 12.1 Å². The summed E-state index contributed by atoms with van der Waals surface area (Å²) in [6, 6.07) is -1.19. The van der Waals surface area contributed by atoms with Crippen LogP contribution in [0, 0.1) is 0 Å². The molecule has 0 aromatic heterocycles. The summed E-state index contributed by atoms with van der Waals surface area (Å²) in [5.41, 5.74) is 0. The van der Waals surface area contributed by atoms with Crippen molar-refractivity contribution in [3.05, 3.63) is 0 Å². The number of carbonyl (C=O) groups is 1. The van der Waals surface area contributed by atoms with Crippen LogP contribution in [0.4, 0.5) is 13.2 Å². The predicted octanol–water partition coefficient (Wildman–Crippen LogP) is 0.756. The molecule has 1 fully saturated rings. The first-order chi connectivity index (χ1) is 6.40. The van der Waals surface area contributed by atoms with E-state index >= 15 is 0 Å². The Labute approximate surface area is 90.4 Å². The van der Waals surface area contributed by atoms with Gasteiger partial charge in [-0.2, -0.15) is 13.2 Å². The topological polar surface area (TPSA) is 49.8 Å². The molecule has 1 aliphatic heterocycles. The number of carboxylic acid groups (broad SMARTS) is 1. The van der Waals surface area contributed by atoms with Gasteiger partial charge in [-0.1, -0.05) is 0 Å². The van der Waals surface area contributed by atoms with Crippen LogP contribution in [0.5, 0.6) is 0 Å². The van der Waals surface area contributed by atoms with Crippen molar-refractivity contribution in [2.24, 2.45) is 0 Å². The second-order valence-electron chi connectivity index (χ2n) is 3.01. The van der Waals surface area contributed by atoms with E-state index in [1.165, 1.54) is 0 Å². The van der Waals surface area contributed by atoms with E-state index in [1.807, 2.05) is 0 Å². The number of halogens is 4. The molecule has 0 aliphatic carbocycles. The molecule has 0 aromatic carbocycles. The fourth-order valence-corrected chi connectivity index (χ4v) is 1.29. The molecule has 0 saturated carbocycles. The molecule has 1 aliphatic rings. The summed E-state index contributed by atoms with van der Waals surface area (Å²) in [5.74, 6) is -1.28. The number of hydrogen-bond acceptors (Lipinski definition) is 3. The summed E-state index contributed by atoms with van der Waals surface area (Å²) >= 11 is 0. The number of hydrogen-bond donors (Lipinski definition) is 1. The third-order valence-electron chi connectivity index (χ3n) is 1.91. The molecule has 0 radical (unpaired) electrons. The molecule has 0 aromatic rings. The van der Waals surface area contributed by atoms with Gasteiger partial charge in [0.1, 0.15) is 6.04 Å². The van der Waals surface area contributed by atoms with E-state index in [2.05, 4.69) is 0 Å². The van der Waals surface area contributed by atoms with Crippen LogP contribution in [-0.2, 0) is 9.53 Å². The summed E-state index contributed by atoms with van der Waals surface area (Å²) in [4.78, 5) is 11.4. The largest absolute Gasteiger partial charge is 0.480 e. The molecule has 1 saturated heterocycles. The lowest BCUT2D eigenvalue weighted by atomic mass is 10.2. The quantitative estimate of drug-likeness (QED) is 0.785. The van der Waals surface area contributed by atoms with Gasteiger partial charge in [-0.15, -0.1) is 12.4 Å². The Bertz CT molecular complexity index is 224. The van der Waals surface area contributed by atoms with Crippen LogP contribution in [-0.4, -0.2) is 54.5 Å². The lowest BCUT2D eigenvalue weighted by Crippen LogP contribution is -2.52. The maximum absolute atomic E-state index is 12.0. The molecule has 15 heavy (non-hydrogen) atoms. The smallest absolute Gasteiger partial charge is 0.401 e. The normalized spacial score (nSPS) is 23.3. The minimum atomic E-state index is -4.37. The summed E-state index contributed by atoms with van der Waals surface area (Å²) in [6.07, 6.45) is -4.37. The molecule has 0 bridgehead atoms. The van der Waals surface area contributed by atoms with Crippen LogP contribution in [0.2, 0.25) is 0 Å². The summed E-state index contributed by atoms with van der Waals surface area (Å²) in [6.45, 7) is -1.25. The number of aliphatic carboxylic acids is 1. The third kappa shape index (κ3) is 4.67. The van der Waals surface area contributed by atoms with Crippen LogP contribution in [0.1, 0.15) is 0 Å². The first kappa shape index (κ1) is 14.5. The zero-order chi connectivity index (χ0) is 10.8. The number of nitrogens with zero attached hydrogens (tertiary/aromatic N) is 1. The van der Waals surface area contributed by atoms with Crippen molar-refractivity contribution in [2.75, 3.05) is 26.3 Å². The molecule has 8 heteroatoms. The Kier molecular flexibility index (Phi) is 5.33. The Morgan fingerprint density at radius 3 is 2.60 bits per heavy atom. The zero-order valence-electron chi connectivity index (χ0n) is 7.66. The van der Waals surface area contributed by atoms with Crippen molar-refractivity contribution in [3.63, 3.8) is 0 Å². The van der Waals surface area contributed by atoms with Crippen LogP contribution in [0.3, 0.4) is 0 Å². The van der Waals surface area contributed by atoms with Crippen molar-refractivity contribution >= 4 is 18.4 Å². The van der Waals surface area contributed by atoms with Gasteiger partial charge in [-0.3, -0.25) is 9.69 Å². The molecular formula is C7H11ClF3NO3. The summed E-state index contributed by atoms with van der Waals surface area (Å²) in [7, 11) is 0. The van der Waals surface area contributed by atoms with E-state index in [0.717, 1.165) is 4.90 Å². The highest BCUT2D eigenvalue weighted by molar-refractivity contribution is 5.85. The number of morpholine rings is 1. The van der Waals surface area contributed by atoms with E-state index < -0.39 is 24.7 Å². The minimum absolute atomic E-state index is 0. The van der Waals surface area contributed by atoms with Gasteiger partial charge in [0.05, 0.1) is 19.8 Å². The van der Waals surface area contributed by atoms with E-state index in [1.54, 1.807) is 0 Å². The second kappa shape index (κ2) is 5.53. The maximum Gasteiger partial charge on any atom is 0.401 e. The first-order valence-corrected chi connectivity index (χ1v) is 4.01. The van der Waals surface area contributed by atoms with E-state index in [0.29, 0.717) is 0 Å². The average molecular weight is 250 g/mol. The first-order valence-electron chi connectivity index (χ1n) is 4.01. The molecule has 1 rings (SSSR count). The highest BCUT2D eigenvalue weighted by Gasteiger charge is 2.37. The highest BCUT2D eigenvalue weighted by Crippen LogP contribution is 2.19. The van der Waals surface area contributed by atoms with Gasteiger partial charge < -0.3 is 9.84 Å². The molecule has 90 valence electrons. The fourth-order valence-electron chi connectivity index (χ4n) is 1.29. The van der Waals surface area contributed by atoms with Crippen LogP contribution in [0.25, 0.3) is 0 Å². The van der Waals surface area contributed by atoms with Crippen LogP contribution < -0.4 is 0 Å². The number of alkyl halides is 3. The Hall–Kier alpha value is -0.530. The van der Waals surface area contributed by atoms with Crippen molar-refractivity contribution in [3.8, 4) is 0 Å². The second-order valence-corrected chi connectivity index (χ2v) is 3.01. The van der Waals surface area contributed by atoms with Crippen molar-refractivity contribution in [1.29, 1.82) is 0 Å². The Balaban J connectivity index is 0.00000196. The number of rotatable bonds is 2. The number of ether oxygens (including phenoxy) is 1. The Morgan fingerprint density at radius 1 is 1.53 bits per heavy atom. The molecule has 0 spiro atoms. The molecule has 1 heterocycles. The molecule has 1 unspecified atom stereocenters. The van der Waals surface area contributed by atoms with Gasteiger partial charge in [0.15, 0.2) is 0 Å². The van der Waals surface area contributed by atoms with Crippen molar-refractivity contribution in [2.45, 2.75) is 12.2 Å². The van der Waals surface area contributed by atoms with E-state index in [4.69, 9.17) is 9.84 Å². The van der Waals surface area contributed by atoms with Gasteiger partial charge in [0, 0.05) is 6.54 Å². The SMILES string of the molecule is Cl.O=C(O)C1COCCN1CC(F)(F)F. The lowest BCUT2D eigenvalue weighted by Gasteiger charge is -2.32. The highest BCUT2D eigenvalue weighted by atomic mass is 35.5. The standard InChI is InChI=1S/C7H10F3NO3.ClH/c8-7(9,10)4-11-1-2-14-3-5(11)6(12)13;/h5H,1-4H2,(H,12,13);1H.